The highest BCUT2D eigenvalue weighted by Crippen LogP contribution is 2.37. The van der Waals surface area contributed by atoms with Crippen molar-refractivity contribution >= 4 is 5.91 Å². The molecule has 22 heavy (non-hydrogen) atoms. The van der Waals surface area contributed by atoms with Crippen molar-refractivity contribution in [1.29, 1.82) is 0 Å². The van der Waals surface area contributed by atoms with Gasteiger partial charge in [-0.3, -0.25) is 4.79 Å². The number of nitrogens with zero attached hydrogens (tertiary/aromatic N) is 1. The van der Waals surface area contributed by atoms with Gasteiger partial charge in [-0.25, -0.2) is 0 Å². The summed E-state index contributed by atoms with van der Waals surface area (Å²) in [5.74, 6) is -0.940. The van der Waals surface area contributed by atoms with Crippen LogP contribution in [-0.4, -0.2) is 28.8 Å². The Morgan fingerprint density at radius 1 is 1.41 bits per heavy atom. The molecule has 0 radical (unpaired) electrons. The predicted octanol–water partition coefficient (Wildman–Crippen LogP) is 2.47. The highest BCUT2D eigenvalue weighted by atomic mass is 19.4. The first-order valence-electron chi connectivity index (χ1n) is 6.38. The maximum absolute atomic E-state index is 13.0. The number of carbonyl (C=O) groups is 1. The zero-order chi connectivity index (χ0) is 16.3. The van der Waals surface area contributed by atoms with Gasteiger partial charge >= 0.3 is 6.18 Å². The molecule has 0 bridgehead atoms. The first-order valence-corrected chi connectivity index (χ1v) is 6.38. The van der Waals surface area contributed by atoms with Gasteiger partial charge in [-0.1, -0.05) is 23.4 Å². The standard InChI is InChI=1S/C14H13F3N2O3/c1-8(20)6-18-13(21)10-7-19-22-12(10)9-4-2-3-5-11(9)14(15,16)17/h2-5,7-8,20H,6H2,1H3,(H,18,21)/t8-/m1/s1. The lowest BCUT2D eigenvalue weighted by atomic mass is 10.0. The van der Waals surface area contributed by atoms with Crippen molar-refractivity contribution in [3.63, 3.8) is 0 Å². The molecule has 1 amide bonds. The predicted molar refractivity (Wildman–Crippen MR) is 71.0 cm³/mol. The Morgan fingerprint density at radius 3 is 2.73 bits per heavy atom. The number of amides is 1. The van der Waals surface area contributed by atoms with E-state index in [2.05, 4.69) is 10.5 Å². The lowest BCUT2D eigenvalue weighted by molar-refractivity contribution is -0.137. The van der Waals surface area contributed by atoms with Crippen molar-refractivity contribution in [2.45, 2.75) is 19.2 Å². The molecule has 0 aliphatic carbocycles. The minimum absolute atomic E-state index is 0.0373. The molecule has 2 N–H and O–H groups in total. The van der Waals surface area contributed by atoms with Crippen molar-refractivity contribution in [2.24, 2.45) is 0 Å². The average Bonchev–Trinajstić information content (AvgIpc) is 2.93. The van der Waals surface area contributed by atoms with Gasteiger partial charge in [-0.2, -0.15) is 13.2 Å². The maximum Gasteiger partial charge on any atom is 0.417 e. The molecule has 5 nitrogen and oxygen atoms in total. The molecule has 8 heteroatoms. The minimum atomic E-state index is -4.59. The maximum atomic E-state index is 13.0. The van der Waals surface area contributed by atoms with Crippen LogP contribution in [0.1, 0.15) is 22.8 Å². The Labute approximate surface area is 123 Å². The average molecular weight is 314 g/mol. The molecule has 0 saturated heterocycles. The number of rotatable bonds is 4. The van der Waals surface area contributed by atoms with Crippen LogP contribution in [0.25, 0.3) is 11.3 Å². The topological polar surface area (TPSA) is 75.4 Å². The second-order valence-corrected chi connectivity index (χ2v) is 4.67. The van der Waals surface area contributed by atoms with Gasteiger partial charge in [0.05, 0.1) is 17.9 Å². The second kappa shape index (κ2) is 6.18. The molecule has 1 aromatic heterocycles. The van der Waals surface area contributed by atoms with E-state index in [-0.39, 0.29) is 23.4 Å². The number of aliphatic hydroxyl groups excluding tert-OH is 1. The number of aromatic nitrogens is 1. The zero-order valence-corrected chi connectivity index (χ0v) is 11.5. The number of halogens is 3. The number of hydrogen-bond acceptors (Lipinski definition) is 4. The Kier molecular flexibility index (Phi) is 4.51. The lowest BCUT2D eigenvalue weighted by Crippen LogP contribution is -2.30. The molecule has 0 saturated carbocycles. The van der Waals surface area contributed by atoms with Crippen LogP contribution in [0.3, 0.4) is 0 Å². The van der Waals surface area contributed by atoms with E-state index in [0.717, 1.165) is 12.3 Å². The summed E-state index contributed by atoms with van der Waals surface area (Å²) in [7, 11) is 0. The van der Waals surface area contributed by atoms with Gasteiger partial charge in [0.1, 0.15) is 5.56 Å². The van der Waals surface area contributed by atoms with Gasteiger partial charge in [-0.05, 0) is 13.0 Å². The van der Waals surface area contributed by atoms with E-state index in [1.807, 2.05) is 0 Å². The number of carbonyl (C=O) groups excluding carboxylic acids is 1. The minimum Gasteiger partial charge on any atom is -0.392 e. The van der Waals surface area contributed by atoms with E-state index in [4.69, 9.17) is 9.63 Å². The number of aliphatic hydroxyl groups is 1. The van der Waals surface area contributed by atoms with Gasteiger partial charge in [0, 0.05) is 12.1 Å². The van der Waals surface area contributed by atoms with E-state index >= 15 is 0 Å². The Morgan fingerprint density at radius 2 is 2.09 bits per heavy atom. The third kappa shape index (κ3) is 3.45. The molecule has 2 rings (SSSR count). The van der Waals surface area contributed by atoms with Crippen molar-refractivity contribution in [2.75, 3.05) is 6.54 Å². The summed E-state index contributed by atoms with van der Waals surface area (Å²) in [4.78, 5) is 12.0. The molecule has 1 atom stereocenters. The van der Waals surface area contributed by atoms with Crippen LogP contribution in [0.5, 0.6) is 0 Å². The van der Waals surface area contributed by atoms with Gasteiger partial charge in [0.15, 0.2) is 5.76 Å². The van der Waals surface area contributed by atoms with E-state index in [1.165, 1.54) is 25.1 Å². The molecule has 0 spiro atoms. The molecular weight excluding hydrogens is 301 g/mol. The molecule has 0 aliphatic heterocycles. The van der Waals surface area contributed by atoms with E-state index in [1.54, 1.807) is 0 Å². The molecular formula is C14H13F3N2O3. The quantitative estimate of drug-likeness (QED) is 0.909. The Bertz CT molecular complexity index is 665. The summed E-state index contributed by atoms with van der Waals surface area (Å²) < 4.78 is 43.9. The fourth-order valence-electron chi connectivity index (χ4n) is 1.86. The monoisotopic (exact) mass is 314 g/mol. The summed E-state index contributed by atoms with van der Waals surface area (Å²) in [6.45, 7) is 1.43. The zero-order valence-electron chi connectivity index (χ0n) is 11.5. The third-order valence-corrected chi connectivity index (χ3v) is 2.85. The number of nitrogens with one attached hydrogen (secondary N) is 1. The summed E-state index contributed by atoms with van der Waals surface area (Å²) in [6, 6.07) is 4.75. The summed E-state index contributed by atoms with van der Waals surface area (Å²) >= 11 is 0. The van der Waals surface area contributed by atoms with E-state index in [0.29, 0.717) is 0 Å². The van der Waals surface area contributed by atoms with E-state index < -0.39 is 23.8 Å². The summed E-state index contributed by atoms with van der Waals surface area (Å²) in [5.41, 5.74) is -1.32. The number of benzene rings is 1. The van der Waals surface area contributed by atoms with Crippen molar-refractivity contribution in [3.8, 4) is 11.3 Å². The van der Waals surface area contributed by atoms with Gasteiger partial charge in [-0.15, -0.1) is 0 Å². The van der Waals surface area contributed by atoms with Crippen molar-refractivity contribution < 1.29 is 27.6 Å². The van der Waals surface area contributed by atoms with Gasteiger partial charge < -0.3 is 14.9 Å². The molecule has 2 aromatic rings. The van der Waals surface area contributed by atoms with Gasteiger partial charge in [0.25, 0.3) is 5.91 Å². The third-order valence-electron chi connectivity index (χ3n) is 2.85. The van der Waals surface area contributed by atoms with E-state index in [9.17, 15) is 18.0 Å². The highest BCUT2D eigenvalue weighted by molar-refractivity contribution is 5.99. The molecule has 1 aromatic carbocycles. The van der Waals surface area contributed by atoms with Crippen LogP contribution in [0.4, 0.5) is 13.2 Å². The smallest absolute Gasteiger partial charge is 0.392 e. The SMILES string of the molecule is C[C@@H](O)CNC(=O)c1cnoc1-c1ccccc1C(F)(F)F. The Balaban J connectivity index is 2.40. The van der Waals surface area contributed by atoms with Crippen molar-refractivity contribution in [3.05, 3.63) is 41.6 Å². The number of hydrogen-bond donors (Lipinski definition) is 2. The fraction of sp³-hybridized carbons (Fsp3) is 0.286. The van der Waals surface area contributed by atoms with Crippen LogP contribution in [0, 0.1) is 0 Å². The number of alkyl halides is 3. The Hall–Kier alpha value is -2.35. The highest BCUT2D eigenvalue weighted by Gasteiger charge is 2.35. The summed E-state index contributed by atoms with van der Waals surface area (Å²) in [6.07, 6.45) is -4.33. The van der Waals surface area contributed by atoms with Crippen LogP contribution in [-0.2, 0) is 6.18 Å². The second-order valence-electron chi connectivity index (χ2n) is 4.67. The normalized spacial score (nSPS) is 13.0. The first kappa shape index (κ1) is 16.0. The molecule has 0 aliphatic rings. The summed E-state index contributed by atoms with van der Waals surface area (Å²) in [5, 5.41) is 14.9. The molecule has 0 fully saturated rings. The van der Waals surface area contributed by atoms with Crippen molar-refractivity contribution in [1.82, 2.24) is 10.5 Å². The lowest BCUT2D eigenvalue weighted by Gasteiger charge is -2.11. The van der Waals surface area contributed by atoms with Crippen LogP contribution >= 0.6 is 0 Å². The first-order chi connectivity index (χ1) is 10.3. The van der Waals surface area contributed by atoms with Crippen LogP contribution in [0.15, 0.2) is 35.0 Å². The molecule has 118 valence electrons. The van der Waals surface area contributed by atoms with Crippen LogP contribution in [0.2, 0.25) is 0 Å². The molecule has 0 unspecified atom stereocenters. The largest absolute Gasteiger partial charge is 0.417 e. The molecule has 1 heterocycles. The van der Waals surface area contributed by atoms with Crippen LogP contribution < -0.4 is 5.32 Å². The van der Waals surface area contributed by atoms with Gasteiger partial charge in [0.2, 0.25) is 0 Å². The fourth-order valence-corrected chi connectivity index (χ4v) is 1.86.